The summed E-state index contributed by atoms with van der Waals surface area (Å²) >= 11 is 5.78. The van der Waals surface area contributed by atoms with Crippen LogP contribution in [0.1, 0.15) is 32.1 Å². The zero-order chi connectivity index (χ0) is 13.7. The Hall–Kier alpha value is -0.820. The van der Waals surface area contributed by atoms with Crippen LogP contribution >= 0.6 is 11.6 Å². The maximum absolute atomic E-state index is 12.0. The molecule has 0 saturated heterocycles. The van der Waals surface area contributed by atoms with Crippen LogP contribution in [-0.4, -0.2) is 20.7 Å². The highest BCUT2D eigenvalue weighted by atomic mass is 35.5. The van der Waals surface area contributed by atoms with Crippen molar-refractivity contribution >= 4 is 22.4 Å². The molecule has 1 saturated carbocycles. The zero-order valence-corrected chi connectivity index (χ0v) is 12.3. The van der Waals surface area contributed by atoms with Crippen molar-refractivity contribution in [3.8, 4) is 11.8 Å². The van der Waals surface area contributed by atoms with E-state index in [2.05, 4.69) is 11.8 Å². The minimum Gasteiger partial charge on any atom is -0.378 e. The molecule has 2 nitrogen and oxygen atoms in total. The Kier molecular flexibility index (Phi) is 5.04. The first-order valence-electron chi connectivity index (χ1n) is 6.45. The van der Waals surface area contributed by atoms with Gasteiger partial charge in [0.1, 0.15) is 5.60 Å². The summed E-state index contributed by atoms with van der Waals surface area (Å²) < 4.78 is 12.0. The Balaban J connectivity index is 1.84. The molecule has 102 valence electrons. The number of hydrogen-bond donors (Lipinski definition) is 1. The molecule has 0 amide bonds. The molecule has 1 N–H and O–H groups in total. The van der Waals surface area contributed by atoms with Crippen molar-refractivity contribution in [2.75, 3.05) is 5.75 Å². The molecule has 0 radical (unpaired) electrons. The van der Waals surface area contributed by atoms with Crippen molar-refractivity contribution in [3.05, 3.63) is 29.3 Å². The number of aliphatic hydroxyl groups is 1. The zero-order valence-electron chi connectivity index (χ0n) is 10.7. The van der Waals surface area contributed by atoms with E-state index < -0.39 is 16.4 Å². The van der Waals surface area contributed by atoms with Crippen LogP contribution in [-0.2, 0) is 10.8 Å². The number of hydrogen-bond acceptors (Lipinski definition) is 2. The molecule has 19 heavy (non-hydrogen) atoms. The van der Waals surface area contributed by atoms with Gasteiger partial charge in [0.25, 0.3) is 0 Å². The van der Waals surface area contributed by atoms with Crippen LogP contribution in [0.4, 0.5) is 0 Å². The molecule has 0 bridgehead atoms. The number of rotatable bonds is 3. The molecule has 1 aromatic rings. The molecule has 1 unspecified atom stereocenters. The van der Waals surface area contributed by atoms with E-state index in [-0.39, 0.29) is 0 Å². The fourth-order valence-electron chi connectivity index (χ4n) is 2.16. The van der Waals surface area contributed by atoms with Gasteiger partial charge in [0.05, 0.1) is 10.8 Å². The Morgan fingerprint density at radius 3 is 2.53 bits per heavy atom. The van der Waals surface area contributed by atoms with E-state index in [0.717, 1.165) is 30.6 Å². The molecule has 4 heteroatoms. The fourth-order valence-corrected chi connectivity index (χ4v) is 3.25. The van der Waals surface area contributed by atoms with Crippen molar-refractivity contribution in [3.63, 3.8) is 0 Å². The van der Waals surface area contributed by atoms with Crippen LogP contribution < -0.4 is 0 Å². The van der Waals surface area contributed by atoms with Crippen molar-refractivity contribution in [2.24, 2.45) is 0 Å². The lowest BCUT2D eigenvalue weighted by Gasteiger charge is -2.12. The maximum atomic E-state index is 12.0. The molecular formula is C15H17ClO2S. The molecule has 1 aliphatic rings. The van der Waals surface area contributed by atoms with Crippen LogP contribution in [0.3, 0.4) is 0 Å². The van der Waals surface area contributed by atoms with Crippen molar-refractivity contribution in [1.82, 2.24) is 0 Å². The summed E-state index contributed by atoms with van der Waals surface area (Å²) in [4.78, 5) is 0.769. The normalized spacial score (nSPS) is 18.6. The predicted octanol–water partition coefficient (Wildman–Crippen LogP) is 3.15. The summed E-state index contributed by atoms with van der Waals surface area (Å²) in [6, 6.07) is 7.02. The molecule has 0 aliphatic heterocycles. The van der Waals surface area contributed by atoms with Gasteiger partial charge in [-0.15, -0.1) is 0 Å². The molecule has 0 spiro atoms. The second-order valence-electron chi connectivity index (χ2n) is 4.79. The Morgan fingerprint density at radius 1 is 1.26 bits per heavy atom. The van der Waals surface area contributed by atoms with Crippen LogP contribution in [0.15, 0.2) is 29.2 Å². The smallest absolute Gasteiger partial charge is 0.125 e. The first kappa shape index (κ1) is 14.6. The van der Waals surface area contributed by atoms with Gasteiger partial charge in [0, 0.05) is 22.1 Å². The summed E-state index contributed by atoms with van der Waals surface area (Å²) in [5.41, 5.74) is -0.790. The summed E-state index contributed by atoms with van der Waals surface area (Å²) in [6.45, 7) is 0. The highest BCUT2D eigenvalue weighted by Gasteiger charge is 2.28. The van der Waals surface area contributed by atoms with Crippen LogP contribution in [0.25, 0.3) is 0 Å². The van der Waals surface area contributed by atoms with Gasteiger partial charge in [-0.1, -0.05) is 23.4 Å². The Morgan fingerprint density at radius 2 is 1.89 bits per heavy atom. The first-order valence-corrected chi connectivity index (χ1v) is 8.15. The lowest BCUT2D eigenvalue weighted by molar-refractivity contribution is 0.110. The third-order valence-electron chi connectivity index (χ3n) is 3.24. The van der Waals surface area contributed by atoms with Gasteiger partial charge in [0.15, 0.2) is 0 Å². The lowest BCUT2D eigenvalue weighted by Crippen LogP contribution is -2.20. The van der Waals surface area contributed by atoms with E-state index >= 15 is 0 Å². The van der Waals surface area contributed by atoms with Crippen molar-refractivity contribution in [1.29, 1.82) is 0 Å². The minimum absolute atomic E-state index is 0.491. The topological polar surface area (TPSA) is 37.3 Å². The highest BCUT2D eigenvalue weighted by molar-refractivity contribution is 7.85. The van der Waals surface area contributed by atoms with Crippen LogP contribution in [0.5, 0.6) is 0 Å². The monoisotopic (exact) mass is 296 g/mol. The second kappa shape index (κ2) is 6.56. The Bertz CT molecular complexity index is 507. The average molecular weight is 297 g/mol. The number of halogens is 1. The van der Waals surface area contributed by atoms with Gasteiger partial charge in [-0.25, -0.2) is 0 Å². The largest absolute Gasteiger partial charge is 0.378 e. The minimum atomic E-state index is -1.05. The Labute approximate surface area is 121 Å². The molecule has 1 aliphatic carbocycles. The van der Waals surface area contributed by atoms with E-state index in [1.54, 1.807) is 24.3 Å². The van der Waals surface area contributed by atoms with Crippen LogP contribution in [0, 0.1) is 11.8 Å². The molecule has 0 heterocycles. The first-order chi connectivity index (χ1) is 9.09. The standard InChI is InChI=1S/C15H17ClO2S/c16-13-5-7-14(8-6-13)19(18)12-4-3-11-15(17)9-1-2-10-15/h5-8,17H,1-2,4,9-10,12H2. The molecule has 1 aromatic carbocycles. The van der Waals surface area contributed by atoms with Gasteiger partial charge in [-0.2, -0.15) is 0 Å². The van der Waals surface area contributed by atoms with Gasteiger partial charge in [-0.05, 0) is 49.9 Å². The third-order valence-corrected chi connectivity index (χ3v) is 4.87. The quantitative estimate of drug-likeness (QED) is 0.870. The van der Waals surface area contributed by atoms with Gasteiger partial charge < -0.3 is 5.11 Å². The lowest BCUT2D eigenvalue weighted by atomic mass is 10.0. The molecule has 1 fully saturated rings. The van der Waals surface area contributed by atoms with E-state index in [1.807, 2.05) is 0 Å². The molecule has 1 atom stereocenters. The van der Waals surface area contributed by atoms with Gasteiger partial charge >= 0.3 is 0 Å². The molecule has 2 rings (SSSR count). The van der Waals surface area contributed by atoms with E-state index in [4.69, 9.17) is 11.6 Å². The summed E-state index contributed by atoms with van der Waals surface area (Å²) in [6.07, 6.45) is 4.15. The predicted molar refractivity (Wildman–Crippen MR) is 78.5 cm³/mol. The summed E-state index contributed by atoms with van der Waals surface area (Å²) in [7, 11) is -1.05. The van der Waals surface area contributed by atoms with Gasteiger partial charge in [-0.3, -0.25) is 4.21 Å². The SMILES string of the molecule is O=S(CCC#CC1(O)CCCC1)c1ccc(Cl)cc1. The third kappa shape index (κ3) is 4.35. The van der Waals surface area contributed by atoms with Crippen molar-refractivity contribution < 1.29 is 9.32 Å². The summed E-state index contributed by atoms with van der Waals surface area (Å²) in [5, 5.41) is 10.7. The molecule has 0 aromatic heterocycles. The average Bonchev–Trinajstić information content (AvgIpc) is 2.83. The fraction of sp³-hybridized carbons (Fsp3) is 0.467. The van der Waals surface area contributed by atoms with Crippen molar-refractivity contribution in [2.45, 2.75) is 42.6 Å². The second-order valence-corrected chi connectivity index (χ2v) is 6.80. The van der Waals surface area contributed by atoms with E-state index in [0.29, 0.717) is 17.2 Å². The number of benzene rings is 1. The summed E-state index contributed by atoms with van der Waals surface area (Å²) in [5.74, 6) is 6.38. The van der Waals surface area contributed by atoms with E-state index in [9.17, 15) is 9.32 Å². The maximum Gasteiger partial charge on any atom is 0.125 e. The highest BCUT2D eigenvalue weighted by Crippen LogP contribution is 2.28. The van der Waals surface area contributed by atoms with Crippen LogP contribution in [0.2, 0.25) is 5.02 Å². The van der Waals surface area contributed by atoms with E-state index in [1.165, 1.54) is 0 Å². The molecular weight excluding hydrogens is 280 g/mol. The van der Waals surface area contributed by atoms with Gasteiger partial charge in [0.2, 0.25) is 0 Å².